The molecule has 5 nitrogen and oxygen atoms in total. The van der Waals surface area contributed by atoms with Gasteiger partial charge in [0.15, 0.2) is 0 Å². The number of primary amides is 2. The largest absolute Gasteiger partial charge is 0.361 e. The van der Waals surface area contributed by atoms with Crippen LogP contribution in [0.4, 0.5) is 9.59 Å². The highest BCUT2D eigenvalue weighted by Gasteiger charge is 1.63. The molecule has 0 fully saturated rings. The van der Waals surface area contributed by atoms with Crippen LogP contribution < -0.4 is 16.8 Å². The van der Waals surface area contributed by atoms with Crippen LogP contribution in [0, 0.1) is 0 Å². The fourth-order valence-corrected chi connectivity index (χ4v) is 0. The Balaban J connectivity index is -0.0000000482. The first-order valence-electron chi connectivity index (χ1n) is 3.85. The van der Waals surface area contributed by atoms with Crippen molar-refractivity contribution in [1.29, 1.82) is 0 Å². The normalized spacial score (nSPS) is 6.14. The first kappa shape index (κ1) is 23.4. The van der Waals surface area contributed by atoms with E-state index in [0.717, 1.165) is 0 Å². The zero-order chi connectivity index (χ0) is 12.6. The van der Waals surface area contributed by atoms with Gasteiger partial charge in [0.25, 0.3) is 10.5 Å². The summed E-state index contributed by atoms with van der Waals surface area (Å²) in [5.41, 5.74) is 8.67. The van der Waals surface area contributed by atoms with Gasteiger partial charge in [-0.15, -0.1) is 0 Å². The average Bonchev–Trinajstić information content (AvgIpc) is 1.85. The first-order valence-corrected chi connectivity index (χ1v) is 4.74. The lowest BCUT2D eigenvalue weighted by atomic mass is 10.6. The molecule has 0 aromatic rings. The van der Waals surface area contributed by atoms with Crippen LogP contribution in [0.25, 0.3) is 0 Å². The second-order valence-corrected chi connectivity index (χ2v) is 2.77. The highest BCUT2D eigenvalue weighted by Crippen LogP contribution is 1.61. The summed E-state index contributed by atoms with van der Waals surface area (Å²) >= 11 is 6.21. The average molecular weight is 243 g/mol. The van der Waals surface area contributed by atoms with Gasteiger partial charge in [0.1, 0.15) is 0 Å². The number of hydrogen-bond acceptors (Lipinski definition) is 3. The van der Waals surface area contributed by atoms with Gasteiger partial charge >= 0.3 is 0 Å². The number of amides is 2. The maximum absolute atomic E-state index is 9.09. The van der Waals surface area contributed by atoms with Gasteiger partial charge in [0.05, 0.1) is 0 Å². The lowest BCUT2D eigenvalue weighted by molar-refractivity contribution is 0.266. The monoisotopic (exact) mass is 243 g/mol. The summed E-state index contributed by atoms with van der Waals surface area (Å²) in [6.07, 6.45) is 1.25. The van der Waals surface area contributed by atoms with Gasteiger partial charge in [-0.25, -0.2) is 0 Å². The Hall–Kier alpha value is -0.400. The second kappa shape index (κ2) is 29.4. The van der Waals surface area contributed by atoms with Gasteiger partial charge < -0.3 is 16.8 Å². The standard InChI is InChI=1S/C3H8.C2H7N.2CH3NOS/c2*1-3-2;2*2-1(3)4/h3H2,1-2H3;3H,1-2H3;2*(H3,2,3,4). The summed E-state index contributed by atoms with van der Waals surface area (Å²) in [6, 6.07) is 0. The van der Waals surface area contributed by atoms with E-state index in [4.69, 9.17) is 9.59 Å². The molecule has 0 aliphatic rings. The predicted molar refractivity (Wildman–Crippen MR) is 68.1 cm³/mol. The number of nitrogens with two attached hydrogens (primary N) is 2. The van der Waals surface area contributed by atoms with Gasteiger partial charge in [-0.3, -0.25) is 9.59 Å². The van der Waals surface area contributed by atoms with Crippen molar-refractivity contribution in [2.24, 2.45) is 11.5 Å². The first-order chi connectivity index (χ1) is 6.29. The molecule has 88 valence electrons. The highest BCUT2D eigenvalue weighted by molar-refractivity contribution is 7.96. The van der Waals surface area contributed by atoms with Gasteiger partial charge in [0, 0.05) is 0 Å². The second-order valence-electron chi connectivity index (χ2n) is 1.88. The highest BCUT2D eigenvalue weighted by atomic mass is 32.1. The van der Waals surface area contributed by atoms with Gasteiger partial charge in [-0.2, -0.15) is 0 Å². The molecular formula is C7H21N3O2S2. The van der Waals surface area contributed by atoms with Crippen molar-refractivity contribution < 1.29 is 9.59 Å². The molecular weight excluding hydrogens is 222 g/mol. The number of thiol groups is 2. The summed E-state index contributed by atoms with van der Waals surface area (Å²) < 4.78 is 0. The van der Waals surface area contributed by atoms with Crippen LogP contribution in [0.5, 0.6) is 0 Å². The van der Waals surface area contributed by atoms with Crippen molar-refractivity contribution in [1.82, 2.24) is 5.32 Å². The molecule has 0 aliphatic carbocycles. The van der Waals surface area contributed by atoms with E-state index in [1.165, 1.54) is 6.42 Å². The summed E-state index contributed by atoms with van der Waals surface area (Å²) in [5.74, 6) is 0. The molecule has 7 heteroatoms. The molecule has 5 N–H and O–H groups in total. The van der Waals surface area contributed by atoms with Crippen LogP contribution in [0.15, 0.2) is 0 Å². The van der Waals surface area contributed by atoms with Gasteiger partial charge in [-0.05, 0) is 14.1 Å². The van der Waals surface area contributed by atoms with Crippen molar-refractivity contribution in [2.75, 3.05) is 14.1 Å². The molecule has 0 radical (unpaired) electrons. The van der Waals surface area contributed by atoms with Crippen LogP contribution in [0.2, 0.25) is 0 Å². The third kappa shape index (κ3) is 8150. The van der Waals surface area contributed by atoms with E-state index in [-0.39, 0.29) is 0 Å². The Morgan fingerprint density at radius 3 is 1.07 bits per heavy atom. The summed E-state index contributed by atoms with van der Waals surface area (Å²) in [4.78, 5) is 18.2. The quantitative estimate of drug-likeness (QED) is 0.414. The maximum atomic E-state index is 9.09. The number of hydrogen-bond donors (Lipinski definition) is 5. The van der Waals surface area contributed by atoms with Crippen molar-refractivity contribution in [3.05, 3.63) is 0 Å². The molecule has 0 atom stereocenters. The Kier molecular flexibility index (Phi) is 49.1. The smallest absolute Gasteiger partial charge is 0.273 e. The molecule has 2 amide bonds. The van der Waals surface area contributed by atoms with Gasteiger partial charge in [0.2, 0.25) is 0 Å². The van der Waals surface area contributed by atoms with E-state index in [1.54, 1.807) is 0 Å². The van der Waals surface area contributed by atoms with E-state index < -0.39 is 10.5 Å². The summed E-state index contributed by atoms with van der Waals surface area (Å²) in [5, 5.41) is 1.47. The molecule has 0 aromatic heterocycles. The minimum Gasteiger partial charge on any atom is -0.361 e. The van der Waals surface area contributed by atoms with Crippen molar-refractivity contribution in [2.45, 2.75) is 20.3 Å². The van der Waals surface area contributed by atoms with Gasteiger partial charge in [-0.1, -0.05) is 45.5 Å². The van der Waals surface area contributed by atoms with Crippen LogP contribution in [-0.4, -0.2) is 24.6 Å². The third-order valence-corrected chi connectivity index (χ3v) is 0. The lowest BCUT2D eigenvalue weighted by Crippen LogP contribution is -1.95. The topological polar surface area (TPSA) is 98.2 Å². The van der Waals surface area contributed by atoms with Crippen molar-refractivity contribution in [3.8, 4) is 0 Å². The van der Waals surface area contributed by atoms with E-state index in [2.05, 4.69) is 55.9 Å². The predicted octanol–water partition coefficient (Wildman–Crippen LogP) is 1.24. The number of nitrogens with one attached hydrogen (secondary N) is 1. The molecule has 0 unspecified atom stereocenters. The molecule has 0 aromatic carbocycles. The minimum atomic E-state index is -0.639. The zero-order valence-corrected chi connectivity index (χ0v) is 10.9. The molecule has 0 rings (SSSR count). The maximum Gasteiger partial charge on any atom is 0.273 e. The molecule has 0 bridgehead atoms. The Morgan fingerprint density at radius 2 is 1.07 bits per heavy atom. The fourth-order valence-electron chi connectivity index (χ4n) is 0. The van der Waals surface area contributed by atoms with E-state index in [0.29, 0.717) is 0 Å². The molecule has 0 spiro atoms. The Bertz CT molecular complexity index is 102. The number of carbonyl (C=O) groups excluding carboxylic acids is 2. The molecule has 0 heterocycles. The van der Waals surface area contributed by atoms with Crippen LogP contribution in [-0.2, 0) is 0 Å². The van der Waals surface area contributed by atoms with E-state index in [1.807, 2.05) is 14.1 Å². The zero-order valence-electron chi connectivity index (χ0n) is 9.07. The van der Waals surface area contributed by atoms with Crippen molar-refractivity contribution in [3.63, 3.8) is 0 Å². The molecule has 0 aliphatic heterocycles. The van der Waals surface area contributed by atoms with E-state index in [9.17, 15) is 0 Å². The number of carbonyl (C=O) groups is 2. The fraction of sp³-hybridized carbons (Fsp3) is 0.714. The van der Waals surface area contributed by atoms with Crippen LogP contribution >= 0.6 is 25.3 Å². The third-order valence-electron chi connectivity index (χ3n) is 0. The van der Waals surface area contributed by atoms with Crippen LogP contribution in [0.3, 0.4) is 0 Å². The molecule has 0 saturated heterocycles. The Morgan fingerprint density at radius 1 is 1.07 bits per heavy atom. The van der Waals surface area contributed by atoms with Crippen LogP contribution in [0.1, 0.15) is 20.3 Å². The SMILES string of the molecule is CCC.CNC.NC(=O)S.NC(=O)S. The molecule has 14 heavy (non-hydrogen) atoms. The summed E-state index contributed by atoms with van der Waals surface area (Å²) in [6.45, 7) is 4.25. The lowest BCUT2D eigenvalue weighted by Gasteiger charge is -1.59. The Labute approximate surface area is 96.8 Å². The number of rotatable bonds is 0. The van der Waals surface area contributed by atoms with E-state index >= 15 is 0 Å². The van der Waals surface area contributed by atoms with Crippen molar-refractivity contribution >= 4 is 35.7 Å². The summed E-state index contributed by atoms with van der Waals surface area (Å²) in [7, 11) is 3.75. The molecule has 0 saturated carbocycles. The minimum absolute atomic E-state index is 0.639.